The van der Waals surface area contributed by atoms with Crippen molar-refractivity contribution in [2.45, 2.75) is 0 Å². The molecule has 24 heavy (non-hydrogen) atoms. The second-order valence-corrected chi connectivity index (χ2v) is 5.04. The van der Waals surface area contributed by atoms with Gasteiger partial charge < -0.3 is 9.14 Å². The quantitative estimate of drug-likeness (QED) is 0.574. The highest BCUT2D eigenvalue weighted by Gasteiger charge is 2.08. The number of aromatic nitrogens is 4. The van der Waals surface area contributed by atoms with Crippen molar-refractivity contribution >= 4 is 5.65 Å². The smallest absolute Gasteiger partial charge is 0.321 e. The highest BCUT2D eigenvalue weighted by atomic mass is 19.1. The fourth-order valence-corrected chi connectivity index (χ4v) is 2.27. The minimum Gasteiger partial charge on any atom is -0.421 e. The van der Waals surface area contributed by atoms with Gasteiger partial charge in [0.25, 0.3) is 0 Å². The van der Waals surface area contributed by atoms with Gasteiger partial charge in [0.15, 0.2) is 11.6 Å². The van der Waals surface area contributed by atoms with Gasteiger partial charge in [-0.25, -0.2) is 23.7 Å². The lowest BCUT2D eigenvalue weighted by Gasteiger charge is -2.06. The number of imidazole rings is 1. The topological polar surface area (TPSA) is 52.3 Å². The zero-order valence-electron chi connectivity index (χ0n) is 12.2. The zero-order valence-corrected chi connectivity index (χ0v) is 12.2. The maximum Gasteiger partial charge on any atom is 0.321 e. The van der Waals surface area contributed by atoms with Gasteiger partial charge in [0, 0.05) is 48.2 Å². The molecule has 4 rings (SSSR count). The molecule has 0 aliphatic carbocycles. The summed E-state index contributed by atoms with van der Waals surface area (Å²) < 4.78 is 33.6. The van der Waals surface area contributed by atoms with Gasteiger partial charge in [-0.2, -0.15) is 0 Å². The highest BCUT2D eigenvalue weighted by molar-refractivity contribution is 5.63. The summed E-state index contributed by atoms with van der Waals surface area (Å²) in [6.07, 6.45) is 8.60. The van der Waals surface area contributed by atoms with Gasteiger partial charge in [-0.3, -0.25) is 0 Å². The molecule has 3 aromatic heterocycles. The van der Waals surface area contributed by atoms with E-state index in [0.717, 1.165) is 28.9 Å². The number of pyridine rings is 1. The van der Waals surface area contributed by atoms with Gasteiger partial charge >= 0.3 is 6.01 Å². The fraction of sp³-hybridized carbons (Fsp3) is 0. The molecule has 0 saturated heterocycles. The lowest BCUT2D eigenvalue weighted by molar-refractivity contribution is 0.408. The molecule has 0 aliphatic rings. The third-order valence-electron chi connectivity index (χ3n) is 3.45. The molecule has 0 bridgehead atoms. The number of benzene rings is 1. The molecule has 0 amide bonds. The predicted octanol–water partition coefficient (Wildman–Crippen LogP) is 3.86. The minimum absolute atomic E-state index is 0.0204. The molecule has 0 aliphatic heterocycles. The van der Waals surface area contributed by atoms with E-state index < -0.39 is 11.6 Å². The van der Waals surface area contributed by atoms with E-state index in [2.05, 4.69) is 15.0 Å². The van der Waals surface area contributed by atoms with Crippen LogP contribution in [0.2, 0.25) is 0 Å². The normalized spacial score (nSPS) is 10.9. The van der Waals surface area contributed by atoms with Crippen LogP contribution in [0.25, 0.3) is 16.8 Å². The molecule has 118 valence electrons. The largest absolute Gasteiger partial charge is 0.421 e. The van der Waals surface area contributed by atoms with Crippen LogP contribution in [-0.4, -0.2) is 19.4 Å². The Morgan fingerprint density at radius 1 is 0.917 bits per heavy atom. The van der Waals surface area contributed by atoms with Crippen molar-refractivity contribution in [2.24, 2.45) is 0 Å². The summed E-state index contributed by atoms with van der Waals surface area (Å²) in [5.74, 6) is -1.62. The lowest BCUT2D eigenvalue weighted by Crippen LogP contribution is -1.95. The van der Waals surface area contributed by atoms with E-state index in [1.54, 1.807) is 18.6 Å². The Kier molecular flexibility index (Phi) is 3.38. The van der Waals surface area contributed by atoms with E-state index >= 15 is 0 Å². The maximum absolute atomic E-state index is 13.6. The Labute approximate surface area is 135 Å². The second-order valence-electron chi connectivity index (χ2n) is 5.04. The molecular weight excluding hydrogens is 314 g/mol. The Morgan fingerprint density at radius 3 is 2.54 bits per heavy atom. The summed E-state index contributed by atoms with van der Waals surface area (Å²) in [5, 5.41) is 0. The zero-order chi connectivity index (χ0) is 16.5. The van der Waals surface area contributed by atoms with Crippen LogP contribution in [0.3, 0.4) is 0 Å². The van der Waals surface area contributed by atoms with Crippen molar-refractivity contribution in [3.8, 4) is 22.9 Å². The minimum atomic E-state index is -0.812. The SMILES string of the molecule is Fc1ccc(Oc2ncc(-c3ccc4nccn4c3)cn2)c(F)c1. The van der Waals surface area contributed by atoms with E-state index in [9.17, 15) is 8.78 Å². The molecule has 0 fully saturated rings. The number of hydrogen-bond donors (Lipinski definition) is 0. The van der Waals surface area contributed by atoms with E-state index in [1.165, 1.54) is 6.07 Å². The highest BCUT2D eigenvalue weighted by Crippen LogP contribution is 2.24. The van der Waals surface area contributed by atoms with Crippen LogP contribution in [0, 0.1) is 11.6 Å². The molecule has 7 heteroatoms. The van der Waals surface area contributed by atoms with Gasteiger partial charge in [0.05, 0.1) is 0 Å². The van der Waals surface area contributed by atoms with Gasteiger partial charge in [0.1, 0.15) is 11.5 Å². The van der Waals surface area contributed by atoms with Crippen molar-refractivity contribution in [3.05, 3.63) is 73.0 Å². The van der Waals surface area contributed by atoms with Crippen LogP contribution >= 0.6 is 0 Å². The van der Waals surface area contributed by atoms with Crippen molar-refractivity contribution in [2.75, 3.05) is 0 Å². The van der Waals surface area contributed by atoms with E-state index in [0.29, 0.717) is 0 Å². The molecule has 0 saturated carbocycles. The Bertz CT molecular complexity index is 1010. The maximum atomic E-state index is 13.6. The monoisotopic (exact) mass is 324 g/mol. The predicted molar refractivity (Wildman–Crippen MR) is 82.7 cm³/mol. The van der Waals surface area contributed by atoms with Crippen LogP contribution in [0.15, 0.2) is 61.3 Å². The summed E-state index contributed by atoms with van der Waals surface area (Å²) in [5.41, 5.74) is 2.52. The standard InChI is InChI=1S/C17H10F2N4O/c18-13-2-3-15(14(19)7-13)24-17-21-8-12(9-22-17)11-1-4-16-20-5-6-23(16)10-11/h1-10H. The Morgan fingerprint density at radius 2 is 1.75 bits per heavy atom. The third-order valence-corrected chi connectivity index (χ3v) is 3.45. The van der Waals surface area contributed by atoms with E-state index in [-0.39, 0.29) is 11.8 Å². The molecule has 3 heterocycles. The summed E-state index contributed by atoms with van der Waals surface area (Å²) in [4.78, 5) is 12.3. The number of hydrogen-bond acceptors (Lipinski definition) is 4. The van der Waals surface area contributed by atoms with Crippen molar-refractivity contribution in [1.82, 2.24) is 19.4 Å². The van der Waals surface area contributed by atoms with Gasteiger partial charge in [-0.1, -0.05) is 0 Å². The molecule has 0 atom stereocenters. The first kappa shape index (κ1) is 14.3. The molecule has 0 radical (unpaired) electrons. The second kappa shape index (κ2) is 5.69. The van der Waals surface area contributed by atoms with E-state index in [1.807, 2.05) is 28.9 Å². The van der Waals surface area contributed by atoms with Gasteiger partial charge in [0.2, 0.25) is 0 Å². The van der Waals surface area contributed by atoms with Crippen molar-refractivity contribution in [3.63, 3.8) is 0 Å². The molecule has 0 unspecified atom stereocenters. The molecule has 1 aromatic carbocycles. The van der Waals surface area contributed by atoms with E-state index in [4.69, 9.17) is 4.74 Å². The van der Waals surface area contributed by atoms with Crippen molar-refractivity contribution in [1.29, 1.82) is 0 Å². The number of nitrogens with zero attached hydrogens (tertiary/aromatic N) is 4. The first-order valence-electron chi connectivity index (χ1n) is 7.07. The molecule has 0 N–H and O–H groups in total. The lowest BCUT2D eigenvalue weighted by atomic mass is 10.1. The number of fused-ring (bicyclic) bond motifs is 1. The number of rotatable bonds is 3. The van der Waals surface area contributed by atoms with Gasteiger partial charge in [-0.05, 0) is 24.3 Å². The summed E-state index contributed by atoms with van der Waals surface area (Å²) in [6, 6.07) is 6.80. The van der Waals surface area contributed by atoms with Crippen LogP contribution in [-0.2, 0) is 0 Å². The molecule has 5 nitrogen and oxygen atoms in total. The van der Waals surface area contributed by atoms with Crippen LogP contribution in [0.5, 0.6) is 11.8 Å². The Balaban J connectivity index is 1.59. The number of halogens is 2. The molecule has 0 spiro atoms. The average Bonchev–Trinajstić information content (AvgIpc) is 3.06. The number of ether oxygens (including phenoxy) is 1. The summed E-state index contributed by atoms with van der Waals surface area (Å²) in [7, 11) is 0. The average molecular weight is 324 g/mol. The molecule has 4 aromatic rings. The fourth-order valence-electron chi connectivity index (χ4n) is 2.27. The third kappa shape index (κ3) is 2.67. The summed E-state index contributed by atoms with van der Waals surface area (Å²) in [6.45, 7) is 0. The van der Waals surface area contributed by atoms with Crippen molar-refractivity contribution < 1.29 is 13.5 Å². The first-order valence-corrected chi connectivity index (χ1v) is 7.07. The van der Waals surface area contributed by atoms with Crippen LogP contribution in [0.1, 0.15) is 0 Å². The van der Waals surface area contributed by atoms with Gasteiger partial charge in [-0.15, -0.1) is 0 Å². The summed E-state index contributed by atoms with van der Waals surface area (Å²) >= 11 is 0. The Hall–Kier alpha value is -3.35. The van der Waals surface area contributed by atoms with Crippen LogP contribution in [0.4, 0.5) is 8.78 Å². The molecular formula is C17H10F2N4O. The van der Waals surface area contributed by atoms with Crippen LogP contribution < -0.4 is 4.74 Å². The first-order chi connectivity index (χ1) is 11.7.